The standard InChI is InChI=1S/C3H6N5/c4-3-1-2-6-8(5)7-3/h1,6H,5H2,(H2,4,7). The molecule has 0 aromatic carbocycles. The van der Waals surface area contributed by atoms with Crippen molar-refractivity contribution in [3.8, 4) is 0 Å². The summed E-state index contributed by atoms with van der Waals surface area (Å²) in [5.41, 5.74) is 7.65. The number of amidine groups is 1. The Labute approximate surface area is 46.6 Å². The molecule has 0 bridgehead atoms. The highest BCUT2D eigenvalue weighted by Crippen LogP contribution is 1.80. The topological polar surface area (TPSA) is 79.7 Å². The third kappa shape index (κ3) is 0.881. The fourth-order valence-corrected chi connectivity index (χ4v) is 0.351. The van der Waals surface area contributed by atoms with Gasteiger partial charge in [-0.2, -0.15) is 0 Å². The molecule has 0 atom stereocenters. The molecular weight excluding hydrogens is 106 g/mol. The van der Waals surface area contributed by atoms with Crippen LogP contribution in [0.25, 0.3) is 0 Å². The molecule has 0 saturated carbocycles. The van der Waals surface area contributed by atoms with E-state index in [4.69, 9.17) is 11.6 Å². The number of hydrazine groups is 2. The van der Waals surface area contributed by atoms with Gasteiger partial charge in [-0.05, 0) is 0 Å². The molecule has 5 N–H and O–H groups in total. The maximum Gasteiger partial charge on any atom is 0.149 e. The van der Waals surface area contributed by atoms with Gasteiger partial charge in [0.05, 0.1) is 6.20 Å². The summed E-state index contributed by atoms with van der Waals surface area (Å²) in [6.07, 6.45) is 4.04. The first-order valence-electron chi connectivity index (χ1n) is 2.02. The minimum absolute atomic E-state index is 0.339. The normalized spacial score (nSPS) is 17.6. The summed E-state index contributed by atoms with van der Waals surface area (Å²) in [6.45, 7) is 0. The van der Waals surface area contributed by atoms with Gasteiger partial charge in [-0.15, -0.1) is 10.3 Å². The van der Waals surface area contributed by atoms with Gasteiger partial charge < -0.3 is 5.73 Å². The molecule has 43 valence electrons. The van der Waals surface area contributed by atoms with Gasteiger partial charge in [0.15, 0.2) is 0 Å². The maximum atomic E-state index is 5.20. The summed E-state index contributed by atoms with van der Waals surface area (Å²) < 4.78 is 0. The van der Waals surface area contributed by atoms with Crippen LogP contribution in [0.4, 0.5) is 0 Å². The summed E-state index contributed by atoms with van der Waals surface area (Å²) in [7, 11) is 0. The molecule has 0 amide bonds. The number of hydrogen-bond donors (Lipinski definition) is 3. The molecule has 0 unspecified atom stereocenters. The van der Waals surface area contributed by atoms with Gasteiger partial charge in [-0.3, -0.25) is 5.43 Å². The Balaban J connectivity index is 2.63. The van der Waals surface area contributed by atoms with Gasteiger partial charge >= 0.3 is 0 Å². The Bertz CT molecular complexity index is 137. The lowest BCUT2D eigenvalue weighted by atomic mass is 10.6. The maximum absolute atomic E-state index is 5.20. The molecule has 5 heteroatoms. The summed E-state index contributed by atoms with van der Waals surface area (Å²) in [5.74, 6) is 5.44. The Morgan fingerprint density at radius 3 is 3.00 bits per heavy atom. The molecule has 0 aliphatic carbocycles. The summed E-state index contributed by atoms with van der Waals surface area (Å²) >= 11 is 0. The van der Waals surface area contributed by atoms with E-state index in [9.17, 15) is 0 Å². The van der Waals surface area contributed by atoms with Crippen molar-refractivity contribution in [1.82, 2.24) is 10.7 Å². The van der Waals surface area contributed by atoms with Crippen LogP contribution in [0.5, 0.6) is 0 Å². The summed E-state index contributed by atoms with van der Waals surface area (Å²) in [6, 6.07) is 0. The molecule has 5 nitrogen and oxygen atoms in total. The van der Waals surface area contributed by atoms with E-state index in [1.54, 1.807) is 0 Å². The van der Waals surface area contributed by atoms with Crippen molar-refractivity contribution in [2.24, 2.45) is 16.7 Å². The van der Waals surface area contributed by atoms with Gasteiger partial charge in [0, 0.05) is 6.08 Å². The van der Waals surface area contributed by atoms with E-state index in [1.165, 1.54) is 6.08 Å². The van der Waals surface area contributed by atoms with Crippen molar-refractivity contribution in [2.75, 3.05) is 0 Å². The molecule has 1 heterocycles. The first-order chi connectivity index (χ1) is 3.79. The predicted octanol–water partition coefficient (Wildman–Crippen LogP) is -1.73. The van der Waals surface area contributed by atoms with Gasteiger partial charge in [-0.1, -0.05) is 0 Å². The van der Waals surface area contributed by atoms with Crippen LogP contribution in [0.15, 0.2) is 11.2 Å². The average molecular weight is 112 g/mol. The third-order valence-corrected chi connectivity index (χ3v) is 0.622. The van der Waals surface area contributed by atoms with Crippen molar-refractivity contribution in [3.63, 3.8) is 0 Å². The zero-order valence-corrected chi connectivity index (χ0v) is 4.13. The monoisotopic (exact) mass is 112 g/mol. The SMILES string of the molecule is NC1=NN(N)N[C]=C1. The lowest BCUT2D eigenvalue weighted by Gasteiger charge is -2.13. The van der Waals surface area contributed by atoms with E-state index in [-0.39, 0.29) is 0 Å². The minimum atomic E-state index is 0.339. The van der Waals surface area contributed by atoms with Gasteiger partial charge in [0.1, 0.15) is 5.84 Å². The lowest BCUT2D eigenvalue weighted by molar-refractivity contribution is 0.230. The smallest absolute Gasteiger partial charge is 0.149 e. The largest absolute Gasteiger partial charge is 0.382 e. The second kappa shape index (κ2) is 1.71. The van der Waals surface area contributed by atoms with E-state index < -0.39 is 0 Å². The Morgan fingerprint density at radius 1 is 1.88 bits per heavy atom. The van der Waals surface area contributed by atoms with E-state index in [0.717, 1.165) is 5.23 Å². The summed E-state index contributed by atoms with van der Waals surface area (Å²) in [5, 5.41) is 4.54. The van der Waals surface area contributed by atoms with Gasteiger partial charge in [0.2, 0.25) is 0 Å². The van der Waals surface area contributed by atoms with Crippen LogP contribution in [-0.2, 0) is 0 Å². The Kier molecular flexibility index (Phi) is 1.05. The van der Waals surface area contributed by atoms with Crippen LogP contribution in [0, 0.1) is 6.20 Å². The van der Waals surface area contributed by atoms with Crippen LogP contribution in [0.2, 0.25) is 0 Å². The Morgan fingerprint density at radius 2 is 2.62 bits per heavy atom. The highest BCUT2D eigenvalue weighted by molar-refractivity contribution is 5.90. The molecule has 0 spiro atoms. The first kappa shape index (κ1) is 4.92. The van der Waals surface area contributed by atoms with Crippen LogP contribution < -0.4 is 17.0 Å². The second-order valence-corrected chi connectivity index (χ2v) is 1.27. The highest BCUT2D eigenvalue weighted by Gasteiger charge is 1.95. The molecule has 0 aromatic rings. The van der Waals surface area contributed by atoms with E-state index in [2.05, 4.69) is 16.7 Å². The van der Waals surface area contributed by atoms with Crippen molar-refractivity contribution in [3.05, 3.63) is 12.3 Å². The predicted molar refractivity (Wildman–Crippen MR) is 28.6 cm³/mol. The number of hydrazone groups is 1. The average Bonchev–Trinajstić information content (AvgIpc) is 1.64. The number of rotatable bonds is 0. The molecule has 1 radical (unpaired) electrons. The van der Waals surface area contributed by atoms with E-state index >= 15 is 0 Å². The minimum Gasteiger partial charge on any atom is -0.382 e. The summed E-state index contributed by atoms with van der Waals surface area (Å²) in [4.78, 5) is 0. The zero-order chi connectivity index (χ0) is 5.98. The van der Waals surface area contributed by atoms with E-state index in [1.807, 2.05) is 0 Å². The molecule has 0 saturated heterocycles. The van der Waals surface area contributed by atoms with Crippen molar-refractivity contribution in [2.45, 2.75) is 0 Å². The fraction of sp³-hybridized carbons (Fsp3) is 0. The van der Waals surface area contributed by atoms with Crippen LogP contribution in [-0.4, -0.2) is 11.1 Å². The molecule has 1 aliphatic rings. The van der Waals surface area contributed by atoms with Crippen LogP contribution in [0.3, 0.4) is 0 Å². The highest BCUT2D eigenvalue weighted by atomic mass is 15.8. The number of nitrogens with zero attached hydrogens (tertiary/aromatic N) is 2. The molecule has 0 aromatic heterocycles. The van der Waals surface area contributed by atoms with Crippen molar-refractivity contribution >= 4 is 5.84 Å². The molecule has 1 aliphatic heterocycles. The molecule has 1 rings (SSSR count). The fourth-order valence-electron chi connectivity index (χ4n) is 0.351. The second-order valence-electron chi connectivity index (χ2n) is 1.27. The third-order valence-electron chi connectivity index (χ3n) is 0.622. The quantitative estimate of drug-likeness (QED) is 0.325. The van der Waals surface area contributed by atoms with Gasteiger partial charge in [0.25, 0.3) is 0 Å². The zero-order valence-electron chi connectivity index (χ0n) is 4.13. The van der Waals surface area contributed by atoms with Crippen LogP contribution >= 0.6 is 0 Å². The number of nitrogens with one attached hydrogen (secondary N) is 1. The first-order valence-corrected chi connectivity index (χ1v) is 2.02. The lowest BCUT2D eigenvalue weighted by Crippen LogP contribution is -2.40. The number of hydrogen-bond acceptors (Lipinski definition) is 5. The van der Waals surface area contributed by atoms with Gasteiger partial charge in [-0.25, -0.2) is 5.84 Å². The van der Waals surface area contributed by atoms with E-state index in [0.29, 0.717) is 5.84 Å². The van der Waals surface area contributed by atoms with Crippen molar-refractivity contribution in [1.29, 1.82) is 0 Å². The van der Waals surface area contributed by atoms with Crippen molar-refractivity contribution < 1.29 is 0 Å². The Hall–Kier alpha value is -1.23. The molecule has 0 fully saturated rings. The van der Waals surface area contributed by atoms with Crippen LogP contribution in [0.1, 0.15) is 0 Å². The number of nitrogens with two attached hydrogens (primary N) is 2. The molecule has 8 heavy (non-hydrogen) atoms. The molecular formula is C3H6N5.